The minimum absolute atomic E-state index is 0.919. The summed E-state index contributed by atoms with van der Waals surface area (Å²) in [5, 5.41) is 2.00. The highest BCUT2D eigenvalue weighted by atomic mass is 14.8. The Morgan fingerprint density at radius 2 is 1.21 bits per heavy atom. The molecule has 3 rings (SSSR count). The van der Waals surface area contributed by atoms with E-state index in [1.165, 1.54) is 12.7 Å². The molecule has 0 radical (unpaired) electrons. The van der Waals surface area contributed by atoms with Crippen LogP contribution in [0.5, 0.6) is 0 Å². The molecule has 4 heteroatoms. The molecule has 14 heavy (non-hydrogen) atoms. The molecule has 0 atom stereocenters. The predicted octanol–water partition coefficient (Wildman–Crippen LogP) is 1.57. The molecule has 0 aliphatic heterocycles. The Bertz CT molecular complexity index is 501. The fourth-order valence-electron chi connectivity index (χ4n) is 1.46. The van der Waals surface area contributed by atoms with Crippen molar-refractivity contribution < 1.29 is 0 Å². The van der Waals surface area contributed by atoms with Crippen LogP contribution in [0.2, 0.25) is 0 Å². The Morgan fingerprint density at radius 3 is 1.71 bits per heavy atom. The molecule has 0 fully saturated rings. The Morgan fingerprint density at radius 1 is 0.714 bits per heavy atom. The third-order valence-electron chi connectivity index (χ3n) is 2.13. The summed E-state index contributed by atoms with van der Waals surface area (Å²) in [7, 11) is 0. The zero-order chi connectivity index (χ0) is 9.38. The van der Waals surface area contributed by atoms with Gasteiger partial charge in [-0.1, -0.05) is 0 Å². The van der Waals surface area contributed by atoms with Crippen molar-refractivity contribution in [1.82, 2.24) is 19.9 Å². The van der Waals surface area contributed by atoms with Crippen LogP contribution in [0.25, 0.3) is 21.8 Å². The lowest BCUT2D eigenvalue weighted by atomic mass is 10.2. The van der Waals surface area contributed by atoms with Crippen LogP contribution < -0.4 is 0 Å². The monoisotopic (exact) mass is 182 g/mol. The molecule has 3 aromatic rings. The molecule has 0 saturated carbocycles. The molecule has 2 heterocycles. The van der Waals surface area contributed by atoms with Gasteiger partial charge in [0.25, 0.3) is 0 Å². The lowest BCUT2D eigenvalue weighted by Crippen LogP contribution is -1.84. The van der Waals surface area contributed by atoms with Crippen LogP contribution in [0.1, 0.15) is 0 Å². The van der Waals surface area contributed by atoms with E-state index in [-0.39, 0.29) is 0 Å². The summed E-state index contributed by atoms with van der Waals surface area (Å²) in [5.74, 6) is 0. The Hall–Kier alpha value is -2.10. The molecule has 1 aromatic carbocycles. The van der Waals surface area contributed by atoms with Crippen molar-refractivity contribution in [3.63, 3.8) is 0 Å². The van der Waals surface area contributed by atoms with Gasteiger partial charge in [0.15, 0.2) is 0 Å². The number of hydrogen-bond acceptors (Lipinski definition) is 4. The van der Waals surface area contributed by atoms with Gasteiger partial charge in [-0.2, -0.15) is 0 Å². The molecule has 0 spiro atoms. The van der Waals surface area contributed by atoms with E-state index in [0.29, 0.717) is 0 Å². The van der Waals surface area contributed by atoms with Crippen molar-refractivity contribution in [3.8, 4) is 0 Å². The first-order valence-corrected chi connectivity index (χ1v) is 4.23. The predicted molar refractivity (Wildman–Crippen MR) is 52.6 cm³/mol. The van der Waals surface area contributed by atoms with Crippen LogP contribution in [0, 0.1) is 0 Å². The SMILES string of the molecule is c1ncc2cc3ncncc3cc2n1. The van der Waals surface area contributed by atoms with E-state index in [9.17, 15) is 0 Å². The maximum Gasteiger partial charge on any atom is 0.116 e. The van der Waals surface area contributed by atoms with Crippen LogP contribution in [0.4, 0.5) is 0 Å². The molecular formula is C10H6N4. The van der Waals surface area contributed by atoms with E-state index in [0.717, 1.165) is 21.8 Å². The molecule has 0 N–H and O–H groups in total. The maximum atomic E-state index is 4.16. The van der Waals surface area contributed by atoms with Gasteiger partial charge < -0.3 is 0 Å². The van der Waals surface area contributed by atoms with Gasteiger partial charge in [0.1, 0.15) is 12.7 Å². The zero-order valence-electron chi connectivity index (χ0n) is 7.25. The molecule has 2 aromatic heterocycles. The third-order valence-corrected chi connectivity index (χ3v) is 2.13. The minimum Gasteiger partial charge on any atom is -0.244 e. The van der Waals surface area contributed by atoms with Crippen molar-refractivity contribution in [2.45, 2.75) is 0 Å². The first-order chi connectivity index (χ1) is 6.93. The summed E-state index contributed by atoms with van der Waals surface area (Å²) in [5.41, 5.74) is 1.84. The number of fused-ring (bicyclic) bond motifs is 2. The topological polar surface area (TPSA) is 51.6 Å². The summed E-state index contributed by atoms with van der Waals surface area (Å²) in [6.07, 6.45) is 6.64. The van der Waals surface area contributed by atoms with E-state index < -0.39 is 0 Å². The smallest absolute Gasteiger partial charge is 0.116 e. The van der Waals surface area contributed by atoms with E-state index in [4.69, 9.17) is 0 Å². The van der Waals surface area contributed by atoms with Crippen molar-refractivity contribution >= 4 is 21.8 Å². The van der Waals surface area contributed by atoms with Gasteiger partial charge in [-0.05, 0) is 12.1 Å². The molecule has 0 aliphatic carbocycles. The normalized spacial score (nSPS) is 10.9. The third kappa shape index (κ3) is 1.01. The Labute approximate surface area is 79.7 Å². The fraction of sp³-hybridized carbons (Fsp3) is 0. The van der Waals surface area contributed by atoms with Gasteiger partial charge in [-0.25, -0.2) is 19.9 Å². The summed E-state index contributed by atoms with van der Waals surface area (Å²) in [4.78, 5) is 16.3. The lowest BCUT2D eigenvalue weighted by molar-refractivity contribution is 1.21. The van der Waals surface area contributed by atoms with E-state index in [2.05, 4.69) is 19.9 Å². The van der Waals surface area contributed by atoms with Gasteiger partial charge in [-0.15, -0.1) is 0 Å². The Kier molecular flexibility index (Phi) is 1.41. The molecule has 0 aliphatic rings. The lowest BCUT2D eigenvalue weighted by Gasteiger charge is -1.98. The Balaban J connectivity index is 2.52. The number of nitrogens with zero attached hydrogens (tertiary/aromatic N) is 4. The van der Waals surface area contributed by atoms with Crippen LogP contribution in [0.15, 0.2) is 37.2 Å². The molecule has 0 bridgehead atoms. The average molecular weight is 182 g/mol. The second-order valence-corrected chi connectivity index (χ2v) is 3.02. The number of benzene rings is 1. The van der Waals surface area contributed by atoms with Crippen LogP contribution >= 0.6 is 0 Å². The maximum absolute atomic E-state index is 4.16. The van der Waals surface area contributed by atoms with Crippen molar-refractivity contribution in [2.24, 2.45) is 0 Å². The zero-order valence-corrected chi connectivity index (χ0v) is 7.25. The van der Waals surface area contributed by atoms with Gasteiger partial charge >= 0.3 is 0 Å². The van der Waals surface area contributed by atoms with Gasteiger partial charge in [0.05, 0.1) is 11.0 Å². The largest absolute Gasteiger partial charge is 0.244 e. The second-order valence-electron chi connectivity index (χ2n) is 3.02. The molecule has 0 amide bonds. The van der Waals surface area contributed by atoms with E-state index in [1.54, 1.807) is 12.4 Å². The highest BCUT2D eigenvalue weighted by molar-refractivity contribution is 5.93. The van der Waals surface area contributed by atoms with Crippen LogP contribution in [0.3, 0.4) is 0 Å². The first-order valence-electron chi connectivity index (χ1n) is 4.23. The fourth-order valence-corrected chi connectivity index (χ4v) is 1.46. The second kappa shape index (κ2) is 2.70. The van der Waals surface area contributed by atoms with Crippen molar-refractivity contribution in [3.05, 3.63) is 37.2 Å². The summed E-state index contributed by atoms with van der Waals surface area (Å²) >= 11 is 0. The van der Waals surface area contributed by atoms with Crippen LogP contribution in [-0.4, -0.2) is 19.9 Å². The van der Waals surface area contributed by atoms with Crippen molar-refractivity contribution in [1.29, 1.82) is 0 Å². The van der Waals surface area contributed by atoms with E-state index >= 15 is 0 Å². The standard InChI is InChI=1S/C10H6N4/c1-7-3-11-6-14-10(7)2-8-4-12-5-13-9(1)8/h1-6H. The molecular weight excluding hydrogens is 176 g/mol. The summed E-state index contributed by atoms with van der Waals surface area (Å²) in [6.45, 7) is 0. The number of rotatable bonds is 0. The first kappa shape index (κ1) is 7.32. The van der Waals surface area contributed by atoms with Gasteiger partial charge in [0, 0.05) is 23.2 Å². The van der Waals surface area contributed by atoms with Gasteiger partial charge in [-0.3, -0.25) is 0 Å². The van der Waals surface area contributed by atoms with Crippen LogP contribution in [-0.2, 0) is 0 Å². The minimum atomic E-state index is 0.919. The molecule has 66 valence electrons. The quantitative estimate of drug-likeness (QED) is 0.495. The highest BCUT2D eigenvalue weighted by Gasteiger charge is 1.98. The summed E-state index contributed by atoms with van der Waals surface area (Å²) < 4.78 is 0. The average Bonchev–Trinajstić information content (AvgIpc) is 2.26. The number of aromatic nitrogens is 4. The van der Waals surface area contributed by atoms with Crippen molar-refractivity contribution in [2.75, 3.05) is 0 Å². The molecule has 0 saturated heterocycles. The summed E-state index contributed by atoms with van der Waals surface area (Å²) in [6, 6.07) is 3.93. The molecule has 4 nitrogen and oxygen atoms in total. The highest BCUT2D eigenvalue weighted by Crippen LogP contribution is 2.17. The molecule has 0 unspecified atom stereocenters. The van der Waals surface area contributed by atoms with Gasteiger partial charge in [0.2, 0.25) is 0 Å². The van der Waals surface area contributed by atoms with E-state index in [1.807, 2.05) is 12.1 Å². The number of hydrogen-bond donors (Lipinski definition) is 0.